The van der Waals surface area contributed by atoms with Crippen molar-refractivity contribution in [2.24, 2.45) is 0 Å². The minimum absolute atomic E-state index is 0.146. The van der Waals surface area contributed by atoms with E-state index in [1.54, 1.807) is 0 Å². The molecule has 0 atom stereocenters. The number of hydrogen-bond donors (Lipinski definition) is 2. The normalized spacial score (nSPS) is 10.0. The van der Waals surface area contributed by atoms with Gasteiger partial charge in [-0.3, -0.25) is 9.59 Å². The SMILES string of the molecule is CCCNCC(=O)N(CCC)CC(=O)O. The van der Waals surface area contributed by atoms with Crippen LogP contribution in [0, 0.1) is 0 Å². The maximum Gasteiger partial charge on any atom is 0.323 e. The van der Waals surface area contributed by atoms with Crippen molar-refractivity contribution >= 4 is 11.9 Å². The third-order valence-corrected chi connectivity index (χ3v) is 1.88. The Hall–Kier alpha value is -1.10. The van der Waals surface area contributed by atoms with Crippen molar-refractivity contribution in [3.63, 3.8) is 0 Å². The molecular formula is C10H20N2O3. The number of carboxylic acids is 1. The lowest BCUT2D eigenvalue weighted by Crippen LogP contribution is -2.41. The fraction of sp³-hybridized carbons (Fsp3) is 0.800. The van der Waals surface area contributed by atoms with E-state index in [0.29, 0.717) is 6.54 Å². The lowest BCUT2D eigenvalue weighted by Gasteiger charge is -2.19. The molecule has 1 amide bonds. The summed E-state index contributed by atoms with van der Waals surface area (Å²) >= 11 is 0. The van der Waals surface area contributed by atoms with E-state index >= 15 is 0 Å². The highest BCUT2D eigenvalue weighted by molar-refractivity contribution is 5.82. The van der Waals surface area contributed by atoms with Gasteiger partial charge in [0, 0.05) is 6.54 Å². The number of hydrogen-bond acceptors (Lipinski definition) is 3. The monoisotopic (exact) mass is 216 g/mol. The maximum absolute atomic E-state index is 11.5. The van der Waals surface area contributed by atoms with Gasteiger partial charge in [-0.1, -0.05) is 13.8 Å². The Kier molecular flexibility index (Phi) is 7.62. The van der Waals surface area contributed by atoms with Gasteiger partial charge in [0.1, 0.15) is 6.54 Å². The van der Waals surface area contributed by atoms with Crippen molar-refractivity contribution in [2.45, 2.75) is 26.7 Å². The van der Waals surface area contributed by atoms with E-state index in [2.05, 4.69) is 5.32 Å². The Balaban J connectivity index is 3.98. The van der Waals surface area contributed by atoms with Crippen LogP contribution in [-0.4, -0.2) is 48.1 Å². The van der Waals surface area contributed by atoms with Crippen molar-refractivity contribution in [3.8, 4) is 0 Å². The molecule has 0 fully saturated rings. The summed E-state index contributed by atoms with van der Waals surface area (Å²) in [5.74, 6) is -1.11. The molecule has 0 aromatic rings. The number of rotatable bonds is 8. The standard InChI is InChI=1S/C10H20N2O3/c1-3-5-11-7-9(13)12(6-4-2)8-10(14)15/h11H,3-8H2,1-2H3,(H,14,15). The highest BCUT2D eigenvalue weighted by Crippen LogP contribution is 1.92. The first-order valence-electron chi connectivity index (χ1n) is 5.32. The first-order valence-corrected chi connectivity index (χ1v) is 5.32. The lowest BCUT2D eigenvalue weighted by molar-refractivity contribution is -0.144. The second-order valence-electron chi connectivity index (χ2n) is 3.39. The molecule has 0 saturated carbocycles. The summed E-state index contributed by atoms with van der Waals surface area (Å²) in [7, 11) is 0. The first-order chi connectivity index (χ1) is 7.11. The number of amides is 1. The molecule has 0 heterocycles. The molecule has 0 aromatic heterocycles. The van der Waals surface area contributed by atoms with Gasteiger partial charge in [0.2, 0.25) is 5.91 Å². The molecule has 0 rings (SSSR count). The van der Waals surface area contributed by atoms with Crippen LogP contribution in [-0.2, 0) is 9.59 Å². The number of carbonyl (C=O) groups is 2. The van der Waals surface area contributed by atoms with Crippen molar-refractivity contribution < 1.29 is 14.7 Å². The van der Waals surface area contributed by atoms with Crippen LogP contribution < -0.4 is 5.32 Å². The minimum Gasteiger partial charge on any atom is -0.480 e. The predicted molar refractivity (Wildman–Crippen MR) is 57.7 cm³/mol. The highest BCUT2D eigenvalue weighted by atomic mass is 16.4. The molecule has 0 aromatic carbocycles. The molecule has 5 heteroatoms. The molecule has 0 bridgehead atoms. The summed E-state index contributed by atoms with van der Waals surface area (Å²) < 4.78 is 0. The van der Waals surface area contributed by atoms with Gasteiger partial charge in [-0.05, 0) is 19.4 Å². The van der Waals surface area contributed by atoms with Crippen molar-refractivity contribution in [1.29, 1.82) is 0 Å². The fourth-order valence-electron chi connectivity index (χ4n) is 1.21. The second kappa shape index (κ2) is 8.23. The smallest absolute Gasteiger partial charge is 0.323 e. The van der Waals surface area contributed by atoms with E-state index in [1.165, 1.54) is 4.90 Å². The number of aliphatic carboxylic acids is 1. The van der Waals surface area contributed by atoms with Crippen LogP contribution in [0.15, 0.2) is 0 Å². The summed E-state index contributed by atoms with van der Waals surface area (Å²) in [5, 5.41) is 11.6. The van der Waals surface area contributed by atoms with Crippen LogP contribution in [0.1, 0.15) is 26.7 Å². The third kappa shape index (κ3) is 6.90. The van der Waals surface area contributed by atoms with Crippen LogP contribution >= 0.6 is 0 Å². The molecule has 0 radical (unpaired) electrons. The third-order valence-electron chi connectivity index (χ3n) is 1.88. The zero-order valence-electron chi connectivity index (χ0n) is 9.45. The van der Waals surface area contributed by atoms with Crippen molar-refractivity contribution in [3.05, 3.63) is 0 Å². The maximum atomic E-state index is 11.5. The van der Waals surface area contributed by atoms with Gasteiger partial charge in [-0.2, -0.15) is 0 Å². The van der Waals surface area contributed by atoms with E-state index in [-0.39, 0.29) is 19.0 Å². The van der Waals surface area contributed by atoms with E-state index in [0.717, 1.165) is 19.4 Å². The van der Waals surface area contributed by atoms with Gasteiger partial charge in [-0.15, -0.1) is 0 Å². The summed E-state index contributed by atoms with van der Waals surface area (Å²) in [4.78, 5) is 23.4. The highest BCUT2D eigenvalue weighted by Gasteiger charge is 2.14. The molecule has 0 aliphatic heterocycles. The van der Waals surface area contributed by atoms with E-state index in [4.69, 9.17) is 5.11 Å². The summed E-state index contributed by atoms with van der Waals surface area (Å²) in [5.41, 5.74) is 0. The first kappa shape index (κ1) is 13.9. The fourth-order valence-corrected chi connectivity index (χ4v) is 1.21. The van der Waals surface area contributed by atoms with E-state index in [9.17, 15) is 9.59 Å². The summed E-state index contributed by atoms with van der Waals surface area (Å²) in [6.45, 7) is 5.22. The number of carbonyl (C=O) groups excluding carboxylic acids is 1. The van der Waals surface area contributed by atoms with Gasteiger partial charge in [0.05, 0.1) is 6.54 Å². The summed E-state index contributed by atoms with van der Waals surface area (Å²) in [6.07, 6.45) is 1.73. The zero-order valence-corrected chi connectivity index (χ0v) is 9.45. The van der Waals surface area contributed by atoms with Gasteiger partial charge >= 0.3 is 5.97 Å². The van der Waals surface area contributed by atoms with Crippen LogP contribution in [0.4, 0.5) is 0 Å². The van der Waals surface area contributed by atoms with Crippen LogP contribution in [0.25, 0.3) is 0 Å². The van der Waals surface area contributed by atoms with E-state index in [1.807, 2.05) is 13.8 Å². The average molecular weight is 216 g/mol. The molecule has 2 N–H and O–H groups in total. The van der Waals surface area contributed by atoms with Crippen molar-refractivity contribution in [1.82, 2.24) is 10.2 Å². The molecule has 0 spiro atoms. The van der Waals surface area contributed by atoms with Gasteiger partial charge in [0.25, 0.3) is 0 Å². The molecule has 15 heavy (non-hydrogen) atoms. The van der Waals surface area contributed by atoms with E-state index < -0.39 is 5.97 Å². The zero-order chi connectivity index (χ0) is 11.7. The Bertz CT molecular complexity index is 207. The van der Waals surface area contributed by atoms with Gasteiger partial charge in [-0.25, -0.2) is 0 Å². The Morgan fingerprint density at radius 3 is 2.40 bits per heavy atom. The van der Waals surface area contributed by atoms with Gasteiger partial charge in [0.15, 0.2) is 0 Å². The van der Waals surface area contributed by atoms with Gasteiger partial charge < -0.3 is 15.3 Å². The molecule has 5 nitrogen and oxygen atoms in total. The Labute approximate surface area is 90.5 Å². The largest absolute Gasteiger partial charge is 0.480 e. The Morgan fingerprint density at radius 2 is 1.93 bits per heavy atom. The molecule has 0 saturated heterocycles. The molecule has 88 valence electrons. The van der Waals surface area contributed by atoms with Crippen LogP contribution in [0.2, 0.25) is 0 Å². The Morgan fingerprint density at radius 1 is 1.27 bits per heavy atom. The molecule has 0 unspecified atom stereocenters. The average Bonchev–Trinajstić information content (AvgIpc) is 2.17. The lowest BCUT2D eigenvalue weighted by atomic mass is 10.3. The summed E-state index contributed by atoms with van der Waals surface area (Å²) in [6, 6.07) is 0. The number of carboxylic acid groups (broad SMARTS) is 1. The quantitative estimate of drug-likeness (QED) is 0.573. The van der Waals surface area contributed by atoms with Crippen LogP contribution in [0.5, 0.6) is 0 Å². The molecule has 0 aliphatic rings. The topological polar surface area (TPSA) is 69.6 Å². The number of nitrogens with zero attached hydrogens (tertiary/aromatic N) is 1. The second-order valence-corrected chi connectivity index (χ2v) is 3.39. The predicted octanol–water partition coefficient (Wildman–Crippen LogP) is 0.309. The van der Waals surface area contributed by atoms with Crippen molar-refractivity contribution in [2.75, 3.05) is 26.2 Å². The number of nitrogens with one attached hydrogen (secondary N) is 1. The van der Waals surface area contributed by atoms with Crippen LogP contribution in [0.3, 0.4) is 0 Å². The minimum atomic E-state index is -0.965. The molecule has 0 aliphatic carbocycles. The molecular weight excluding hydrogens is 196 g/mol.